The van der Waals surface area contributed by atoms with Gasteiger partial charge in [-0.1, -0.05) is 6.92 Å². The van der Waals surface area contributed by atoms with E-state index in [1.807, 2.05) is 7.05 Å². The quantitative estimate of drug-likeness (QED) is 0.727. The van der Waals surface area contributed by atoms with E-state index < -0.39 is 0 Å². The summed E-state index contributed by atoms with van der Waals surface area (Å²) in [5.41, 5.74) is 1.39. The van der Waals surface area contributed by atoms with Crippen LogP contribution >= 0.6 is 11.3 Å². The van der Waals surface area contributed by atoms with Crippen LogP contribution in [0.1, 0.15) is 12.5 Å². The van der Waals surface area contributed by atoms with Gasteiger partial charge in [0.2, 0.25) is 0 Å². The first kappa shape index (κ1) is 10.7. The molecule has 0 amide bonds. The van der Waals surface area contributed by atoms with Crippen LogP contribution < -0.4 is 10.6 Å². The molecule has 0 radical (unpaired) electrons. The molecule has 0 aliphatic heterocycles. The first-order chi connectivity index (χ1) is 6.33. The van der Waals surface area contributed by atoms with Crippen molar-refractivity contribution in [2.75, 3.05) is 20.1 Å². The monoisotopic (exact) mass is 198 g/mol. The third-order valence-corrected chi connectivity index (χ3v) is 2.69. The van der Waals surface area contributed by atoms with Crippen LogP contribution in [0.2, 0.25) is 0 Å². The van der Waals surface area contributed by atoms with Crippen LogP contribution in [0.25, 0.3) is 0 Å². The summed E-state index contributed by atoms with van der Waals surface area (Å²) in [5.74, 6) is 0.698. The molecule has 1 atom stereocenters. The molecule has 0 aromatic carbocycles. The zero-order valence-electron chi connectivity index (χ0n) is 8.34. The second-order valence-electron chi connectivity index (χ2n) is 3.43. The summed E-state index contributed by atoms with van der Waals surface area (Å²) in [4.78, 5) is 0. The van der Waals surface area contributed by atoms with E-state index in [-0.39, 0.29) is 0 Å². The Morgan fingerprint density at radius 2 is 2.31 bits per heavy atom. The van der Waals surface area contributed by atoms with Crippen molar-refractivity contribution in [1.82, 2.24) is 10.6 Å². The zero-order valence-corrected chi connectivity index (χ0v) is 9.16. The summed E-state index contributed by atoms with van der Waals surface area (Å²) in [7, 11) is 2.00. The van der Waals surface area contributed by atoms with E-state index in [0.29, 0.717) is 5.92 Å². The standard InChI is InChI=1S/C10H18N2S/c1-9(5-11-2)6-12-7-10-3-4-13-8-10/h3-4,8-9,11-12H,5-7H2,1-2H3. The van der Waals surface area contributed by atoms with Gasteiger partial charge in [-0.3, -0.25) is 0 Å². The van der Waals surface area contributed by atoms with Gasteiger partial charge in [-0.15, -0.1) is 0 Å². The third kappa shape index (κ3) is 4.41. The molecule has 2 N–H and O–H groups in total. The Morgan fingerprint density at radius 3 is 2.92 bits per heavy atom. The SMILES string of the molecule is CNCC(C)CNCc1ccsc1. The molecule has 1 rings (SSSR count). The van der Waals surface area contributed by atoms with E-state index in [9.17, 15) is 0 Å². The van der Waals surface area contributed by atoms with E-state index in [4.69, 9.17) is 0 Å². The third-order valence-electron chi connectivity index (χ3n) is 1.95. The van der Waals surface area contributed by atoms with Crippen molar-refractivity contribution in [3.63, 3.8) is 0 Å². The molecule has 0 saturated carbocycles. The summed E-state index contributed by atoms with van der Waals surface area (Å²) in [6.45, 7) is 5.40. The molecule has 1 aromatic rings. The Bertz CT molecular complexity index is 209. The van der Waals surface area contributed by atoms with E-state index >= 15 is 0 Å². The van der Waals surface area contributed by atoms with Crippen molar-refractivity contribution in [3.8, 4) is 0 Å². The zero-order chi connectivity index (χ0) is 9.52. The highest BCUT2D eigenvalue weighted by atomic mass is 32.1. The van der Waals surface area contributed by atoms with Gasteiger partial charge in [0.25, 0.3) is 0 Å². The predicted molar refractivity (Wildman–Crippen MR) is 59.1 cm³/mol. The summed E-state index contributed by atoms with van der Waals surface area (Å²) < 4.78 is 0. The van der Waals surface area contributed by atoms with Crippen LogP contribution in [0.3, 0.4) is 0 Å². The van der Waals surface area contributed by atoms with E-state index in [2.05, 4.69) is 34.4 Å². The van der Waals surface area contributed by atoms with Gasteiger partial charge in [0, 0.05) is 6.54 Å². The lowest BCUT2D eigenvalue weighted by Gasteiger charge is -2.10. The van der Waals surface area contributed by atoms with E-state index in [0.717, 1.165) is 19.6 Å². The summed E-state index contributed by atoms with van der Waals surface area (Å²) in [6.07, 6.45) is 0. The van der Waals surface area contributed by atoms with Crippen molar-refractivity contribution in [2.45, 2.75) is 13.5 Å². The Morgan fingerprint density at radius 1 is 1.46 bits per heavy atom. The largest absolute Gasteiger partial charge is 0.319 e. The second kappa shape index (κ2) is 6.13. The molecule has 1 unspecified atom stereocenters. The van der Waals surface area contributed by atoms with Crippen LogP contribution in [-0.4, -0.2) is 20.1 Å². The molecule has 74 valence electrons. The van der Waals surface area contributed by atoms with Crippen LogP contribution in [0.15, 0.2) is 16.8 Å². The fourth-order valence-electron chi connectivity index (χ4n) is 1.28. The molecule has 0 saturated heterocycles. The normalized spacial score (nSPS) is 13.1. The maximum absolute atomic E-state index is 3.44. The average molecular weight is 198 g/mol. The summed E-state index contributed by atoms with van der Waals surface area (Å²) >= 11 is 1.76. The molecule has 0 fully saturated rings. The second-order valence-corrected chi connectivity index (χ2v) is 4.21. The number of rotatable bonds is 6. The van der Waals surface area contributed by atoms with Gasteiger partial charge in [0.15, 0.2) is 0 Å². The van der Waals surface area contributed by atoms with Crippen molar-refractivity contribution in [1.29, 1.82) is 0 Å². The first-order valence-corrected chi connectivity index (χ1v) is 5.63. The van der Waals surface area contributed by atoms with E-state index in [1.54, 1.807) is 11.3 Å². The van der Waals surface area contributed by atoms with Crippen molar-refractivity contribution < 1.29 is 0 Å². The minimum atomic E-state index is 0.698. The Balaban J connectivity index is 2.07. The fourth-order valence-corrected chi connectivity index (χ4v) is 1.95. The Kier molecular flexibility index (Phi) is 5.05. The van der Waals surface area contributed by atoms with Gasteiger partial charge < -0.3 is 10.6 Å². The molecule has 1 aromatic heterocycles. The molecule has 1 heterocycles. The molecule has 13 heavy (non-hydrogen) atoms. The van der Waals surface area contributed by atoms with Gasteiger partial charge in [0.1, 0.15) is 0 Å². The predicted octanol–water partition coefficient (Wildman–Crippen LogP) is 1.69. The molecule has 0 aliphatic rings. The Labute approximate surface area is 84.4 Å². The van der Waals surface area contributed by atoms with Gasteiger partial charge in [-0.05, 0) is 48.4 Å². The van der Waals surface area contributed by atoms with Gasteiger partial charge >= 0.3 is 0 Å². The maximum Gasteiger partial charge on any atom is 0.0213 e. The molecule has 0 bridgehead atoms. The van der Waals surface area contributed by atoms with Crippen LogP contribution in [0, 0.1) is 5.92 Å². The summed E-state index contributed by atoms with van der Waals surface area (Å²) in [5, 5.41) is 10.9. The first-order valence-electron chi connectivity index (χ1n) is 4.69. The van der Waals surface area contributed by atoms with Crippen LogP contribution in [-0.2, 0) is 6.54 Å². The highest BCUT2D eigenvalue weighted by Crippen LogP contribution is 2.04. The van der Waals surface area contributed by atoms with Gasteiger partial charge in [-0.2, -0.15) is 11.3 Å². The highest BCUT2D eigenvalue weighted by Gasteiger charge is 1.99. The average Bonchev–Trinajstić information content (AvgIpc) is 2.57. The van der Waals surface area contributed by atoms with Crippen molar-refractivity contribution in [3.05, 3.63) is 22.4 Å². The molecule has 2 nitrogen and oxygen atoms in total. The molecule has 3 heteroatoms. The van der Waals surface area contributed by atoms with Crippen molar-refractivity contribution in [2.24, 2.45) is 5.92 Å². The lowest BCUT2D eigenvalue weighted by Crippen LogP contribution is -2.27. The number of hydrogen-bond acceptors (Lipinski definition) is 3. The van der Waals surface area contributed by atoms with E-state index in [1.165, 1.54) is 5.56 Å². The topological polar surface area (TPSA) is 24.1 Å². The lowest BCUT2D eigenvalue weighted by molar-refractivity contribution is 0.492. The minimum absolute atomic E-state index is 0.698. The maximum atomic E-state index is 3.44. The molecule has 0 spiro atoms. The molecular formula is C10H18N2S. The molecule has 0 aliphatic carbocycles. The number of hydrogen-bond donors (Lipinski definition) is 2. The summed E-state index contributed by atoms with van der Waals surface area (Å²) in [6, 6.07) is 2.17. The van der Waals surface area contributed by atoms with Gasteiger partial charge in [0.05, 0.1) is 0 Å². The Hall–Kier alpha value is -0.380. The minimum Gasteiger partial charge on any atom is -0.319 e. The highest BCUT2D eigenvalue weighted by molar-refractivity contribution is 7.07. The number of thiophene rings is 1. The van der Waals surface area contributed by atoms with Gasteiger partial charge in [-0.25, -0.2) is 0 Å². The smallest absolute Gasteiger partial charge is 0.0213 e. The number of nitrogens with one attached hydrogen (secondary N) is 2. The molecular weight excluding hydrogens is 180 g/mol. The van der Waals surface area contributed by atoms with Crippen LogP contribution in [0.5, 0.6) is 0 Å². The van der Waals surface area contributed by atoms with Crippen molar-refractivity contribution >= 4 is 11.3 Å². The lowest BCUT2D eigenvalue weighted by atomic mass is 10.2. The van der Waals surface area contributed by atoms with Crippen LogP contribution in [0.4, 0.5) is 0 Å². The fraction of sp³-hybridized carbons (Fsp3) is 0.600.